The zero-order valence-electron chi connectivity index (χ0n) is 19.6. The fraction of sp³-hybridized carbons (Fsp3) is 0.708. The van der Waals surface area contributed by atoms with Crippen LogP contribution in [0.2, 0.25) is 0 Å². The van der Waals surface area contributed by atoms with Crippen LogP contribution in [0.1, 0.15) is 40.5 Å². The van der Waals surface area contributed by atoms with Crippen LogP contribution >= 0.6 is 0 Å². The average molecular weight is 449 g/mol. The van der Waals surface area contributed by atoms with Crippen LogP contribution in [0, 0.1) is 17.8 Å². The molecule has 3 aliphatic rings. The monoisotopic (exact) mass is 448 g/mol. The third-order valence-electron chi connectivity index (χ3n) is 7.44. The van der Waals surface area contributed by atoms with E-state index in [2.05, 4.69) is 13.2 Å². The number of aliphatic hydroxyl groups excluding tert-OH is 1. The maximum atomic E-state index is 13.8. The molecule has 0 radical (unpaired) electrons. The molecule has 8 heteroatoms. The number of hydrogen-bond donors (Lipinski definition) is 1. The van der Waals surface area contributed by atoms with E-state index >= 15 is 0 Å². The molecule has 6 atom stereocenters. The molecule has 3 aliphatic heterocycles. The van der Waals surface area contributed by atoms with Gasteiger partial charge in [-0.05, 0) is 39.5 Å². The van der Waals surface area contributed by atoms with Crippen molar-refractivity contribution >= 4 is 17.8 Å². The minimum atomic E-state index is -1.13. The minimum Gasteiger partial charge on any atom is -0.465 e. The van der Waals surface area contributed by atoms with Gasteiger partial charge in [0.05, 0.1) is 24.7 Å². The first-order valence-corrected chi connectivity index (χ1v) is 11.4. The second kappa shape index (κ2) is 8.98. The Labute approximate surface area is 190 Å². The van der Waals surface area contributed by atoms with E-state index in [0.29, 0.717) is 19.4 Å². The van der Waals surface area contributed by atoms with Gasteiger partial charge in [0, 0.05) is 19.1 Å². The summed E-state index contributed by atoms with van der Waals surface area (Å²) < 4.78 is 12.1. The highest BCUT2D eigenvalue weighted by Crippen LogP contribution is 2.65. The van der Waals surface area contributed by atoms with Gasteiger partial charge in [0.1, 0.15) is 17.6 Å². The van der Waals surface area contributed by atoms with E-state index in [4.69, 9.17) is 9.47 Å². The number of aliphatic hydroxyl groups is 1. The van der Waals surface area contributed by atoms with Crippen LogP contribution in [0.4, 0.5) is 0 Å². The lowest BCUT2D eigenvalue weighted by molar-refractivity contribution is -0.162. The minimum absolute atomic E-state index is 0.000200. The second-order valence-corrected chi connectivity index (χ2v) is 9.58. The smallest absolute Gasteiger partial charge is 0.312 e. The Kier molecular flexibility index (Phi) is 6.86. The Morgan fingerprint density at radius 1 is 1.38 bits per heavy atom. The lowest BCUT2D eigenvalue weighted by atomic mass is 9.62. The zero-order chi connectivity index (χ0) is 23.8. The summed E-state index contributed by atoms with van der Waals surface area (Å²) in [7, 11) is 0. The van der Waals surface area contributed by atoms with Gasteiger partial charge in [-0.3, -0.25) is 14.4 Å². The van der Waals surface area contributed by atoms with Gasteiger partial charge in [0.2, 0.25) is 11.8 Å². The van der Waals surface area contributed by atoms with E-state index in [1.165, 1.54) is 4.90 Å². The molecular weight excluding hydrogens is 412 g/mol. The van der Waals surface area contributed by atoms with Crippen molar-refractivity contribution in [2.75, 3.05) is 26.3 Å². The third-order valence-corrected chi connectivity index (χ3v) is 7.44. The number of nitrogens with zero attached hydrogens (tertiary/aromatic N) is 2. The highest BCUT2D eigenvalue weighted by molar-refractivity contribution is 5.98. The van der Waals surface area contributed by atoms with E-state index < -0.39 is 35.0 Å². The van der Waals surface area contributed by atoms with Crippen molar-refractivity contribution in [2.24, 2.45) is 17.8 Å². The Morgan fingerprint density at radius 2 is 2.06 bits per heavy atom. The zero-order valence-corrected chi connectivity index (χ0v) is 19.6. The van der Waals surface area contributed by atoms with Gasteiger partial charge in [0.15, 0.2) is 0 Å². The molecule has 178 valence electrons. The van der Waals surface area contributed by atoms with Crippen molar-refractivity contribution in [1.82, 2.24) is 9.80 Å². The molecule has 3 saturated heterocycles. The maximum absolute atomic E-state index is 13.8. The van der Waals surface area contributed by atoms with Crippen LogP contribution in [-0.2, 0) is 23.9 Å². The molecule has 0 aliphatic carbocycles. The predicted octanol–water partition coefficient (Wildman–Crippen LogP) is 1.53. The van der Waals surface area contributed by atoms with Crippen molar-refractivity contribution in [3.8, 4) is 0 Å². The first-order chi connectivity index (χ1) is 15.1. The van der Waals surface area contributed by atoms with Gasteiger partial charge >= 0.3 is 5.97 Å². The molecule has 1 spiro atoms. The number of hydrogen-bond acceptors (Lipinski definition) is 6. The first-order valence-electron chi connectivity index (χ1n) is 11.4. The maximum Gasteiger partial charge on any atom is 0.312 e. The molecular formula is C24H36N2O6. The number of ether oxygens (including phenoxy) is 2. The molecule has 3 unspecified atom stereocenters. The summed E-state index contributed by atoms with van der Waals surface area (Å²) in [5.41, 5.74) is -2.04. The van der Waals surface area contributed by atoms with Crippen LogP contribution in [0.3, 0.4) is 0 Å². The van der Waals surface area contributed by atoms with Crippen LogP contribution < -0.4 is 0 Å². The summed E-state index contributed by atoms with van der Waals surface area (Å²) in [6, 6.07) is -1.03. The van der Waals surface area contributed by atoms with Crippen molar-refractivity contribution in [3.05, 3.63) is 25.3 Å². The summed E-state index contributed by atoms with van der Waals surface area (Å²) in [5, 5.41) is 9.67. The molecule has 0 aromatic rings. The Morgan fingerprint density at radius 3 is 2.62 bits per heavy atom. The van der Waals surface area contributed by atoms with Gasteiger partial charge in [-0.2, -0.15) is 0 Å². The number of likely N-dealkylation sites (tertiary alicyclic amines) is 1. The van der Waals surface area contributed by atoms with Crippen LogP contribution in [0.5, 0.6) is 0 Å². The number of rotatable bonds is 10. The Balaban J connectivity index is 2.06. The second-order valence-electron chi connectivity index (χ2n) is 9.58. The van der Waals surface area contributed by atoms with Crippen molar-refractivity contribution in [1.29, 1.82) is 0 Å². The molecule has 0 saturated carbocycles. The molecule has 8 nitrogen and oxygen atoms in total. The normalized spacial score (nSPS) is 35.2. The van der Waals surface area contributed by atoms with E-state index in [1.807, 2.05) is 27.7 Å². The van der Waals surface area contributed by atoms with Crippen LogP contribution in [0.15, 0.2) is 25.3 Å². The van der Waals surface area contributed by atoms with Gasteiger partial charge in [-0.15, -0.1) is 13.2 Å². The van der Waals surface area contributed by atoms with Crippen LogP contribution in [0.25, 0.3) is 0 Å². The molecule has 2 bridgehead atoms. The van der Waals surface area contributed by atoms with Crippen molar-refractivity contribution < 1.29 is 29.0 Å². The molecule has 32 heavy (non-hydrogen) atoms. The average Bonchev–Trinajstić information content (AvgIpc) is 3.23. The highest BCUT2D eigenvalue weighted by Gasteiger charge is 2.80. The van der Waals surface area contributed by atoms with E-state index in [9.17, 15) is 19.5 Å². The van der Waals surface area contributed by atoms with Gasteiger partial charge < -0.3 is 24.4 Å². The quantitative estimate of drug-likeness (QED) is 0.309. The summed E-state index contributed by atoms with van der Waals surface area (Å²) in [6.45, 7) is 15.3. The fourth-order valence-electron chi connectivity index (χ4n) is 5.91. The number of esters is 1. The summed E-state index contributed by atoms with van der Waals surface area (Å²) >= 11 is 0. The van der Waals surface area contributed by atoms with Crippen molar-refractivity contribution in [3.63, 3.8) is 0 Å². The Hall–Kier alpha value is -2.19. The first kappa shape index (κ1) is 24.5. The Bertz CT molecular complexity index is 797. The van der Waals surface area contributed by atoms with Crippen molar-refractivity contribution in [2.45, 2.75) is 63.8 Å². The van der Waals surface area contributed by atoms with Gasteiger partial charge in [-0.1, -0.05) is 19.1 Å². The highest BCUT2D eigenvalue weighted by atomic mass is 16.6. The number of carbonyl (C=O) groups excluding carboxylic acids is 3. The van der Waals surface area contributed by atoms with E-state index in [1.54, 1.807) is 17.1 Å². The number of amides is 2. The molecule has 3 rings (SSSR count). The molecule has 0 aromatic carbocycles. The number of carbonyl (C=O) groups is 3. The van der Waals surface area contributed by atoms with Gasteiger partial charge in [-0.25, -0.2) is 0 Å². The van der Waals surface area contributed by atoms with Gasteiger partial charge in [0.25, 0.3) is 0 Å². The van der Waals surface area contributed by atoms with Crippen LogP contribution in [-0.4, -0.2) is 82.3 Å². The molecule has 2 amide bonds. The predicted molar refractivity (Wildman–Crippen MR) is 118 cm³/mol. The lowest BCUT2D eigenvalue weighted by Crippen LogP contribution is -2.58. The number of β-amino-alcohol motifs (C(OH)–C–C–N with tert-alkyl or cyclic N) is 1. The van der Waals surface area contributed by atoms with E-state index in [-0.39, 0.29) is 43.5 Å². The summed E-state index contributed by atoms with van der Waals surface area (Å²) in [4.78, 5) is 43.7. The van der Waals surface area contributed by atoms with E-state index in [0.717, 1.165) is 0 Å². The largest absolute Gasteiger partial charge is 0.465 e. The summed E-state index contributed by atoms with van der Waals surface area (Å²) in [6.07, 6.45) is 4.30. The third kappa shape index (κ3) is 3.48. The number of fused-ring (bicyclic) bond motifs is 1. The molecule has 0 aromatic heterocycles. The topological polar surface area (TPSA) is 96.4 Å². The lowest BCUT2D eigenvalue weighted by Gasteiger charge is -2.38. The molecule has 3 fully saturated rings. The SMILES string of the molecule is C=CCCOC(=O)[C@H]1[C@H]2C(=O)N(CCO)C(C(=O)N(CC=C)C(C)C)C23CC(C)[C@]1(C)O3. The molecule has 3 heterocycles. The standard InChI is InChI=1S/C24H36N2O6/c1-7-9-13-31-22(30)18-17-20(28)26(11-12-27)19(21(29)25(10-8-2)15(3)4)24(17)14-16(5)23(18,6)32-24/h7-8,15-19,27H,1-2,9-14H2,3-6H3/t16?,17-,18+,19?,23-,24?/m0/s1. The molecule has 1 N–H and O–H groups in total. The fourth-order valence-corrected chi connectivity index (χ4v) is 5.91. The summed E-state index contributed by atoms with van der Waals surface area (Å²) in [5.74, 6) is -2.75.